The Balaban J connectivity index is 1.72. The highest BCUT2D eigenvalue weighted by molar-refractivity contribution is 6.04. The Kier molecular flexibility index (Phi) is 3.48. The third-order valence-electron chi connectivity index (χ3n) is 3.36. The standard InChI is InChI=1S/C16H16N2O3/c1-10-7-8-21-14(10)16(20)18-13-4-2-3-11(9-13)15(19)17-12-5-6-12/h2-4,7-9,12H,5-6H2,1H3,(H,17,19)(H,18,20). The Morgan fingerprint density at radius 2 is 2.00 bits per heavy atom. The Hall–Kier alpha value is -2.56. The maximum atomic E-state index is 12.1. The molecule has 0 saturated heterocycles. The zero-order valence-electron chi connectivity index (χ0n) is 11.7. The average Bonchev–Trinajstić information content (AvgIpc) is 3.17. The molecule has 3 rings (SSSR count). The largest absolute Gasteiger partial charge is 0.459 e. The van der Waals surface area contributed by atoms with Gasteiger partial charge < -0.3 is 15.1 Å². The molecule has 21 heavy (non-hydrogen) atoms. The Labute approximate surface area is 122 Å². The van der Waals surface area contributed by atoms with Crippen LogP contribution in [0.5, 0.6) is 0 Å². The lowest BCUT2D eigenvalue weighted by Crippen LogP contribution is -2.25. The van der Waals surface area contributed by atoms with Gasteiger partial charge in [-0.25, -0.2) is 0 Å². The molecule has 1 saturated carbocycles. The first-order valence-electron chi connectivity index (χ1n) is 6.90. The second-order valence-corrected chi connectivity index (χ2v) is 5.22. The van der Waals surface area contributed by atoms with E-state index in [0.29, 0.717) is 17.3 Å². The lowest BCUT2D eigenvalue weighted by atomic mass is 10.2. The van der Waals surface area contributed by atoms with Gasteiger partial charge in [-0.2, -0.15) is 0 Å². The number of hydrogen-bond donors (Lipinski definition) is 2. The fourth-order valence-corrected chi connectivity index (χ4v) is 2.03. The van der Waals surface area contributed by atoms with Crippen molar-refractivity contribution in [1.29, 1.82) is 0 Å². The molecule has 0 radical (unpaired) electrons. The van der Waals surface area contributed by atoms with Gasteiger partial charge in [-0.1, -0.05) is 6.07 Å². The fourth-order valence-electron chi connectivity index (χ4n) is 2.03. The smallest absolute Gasteiger partial charge is 0.291 e. The van der Waals surface area contributed by atoms with Crippen molar-refractivity contribution in [3.05, 3.63) is 53.5 Å². The Bertz CT molecular complexity index is 686. The molecule has 2 N–H and O–H groups in total. The van der Waals surface area contributed by atoms with Gasteiger partial charge in [0.05, 0.1) is 6.26 Å². The molecule has 0 spiro atoms. The molecule has 1 aromatic carbocycles. The van der Waals surface area contributed by atoms with Crippen LogP contribution in [0.3, 0.4) is 0 Å². The van der Waals surface area contributed by atoms with Crippen LogP contribution in [0.15, 0.2) is 41.0 Å². The molecule has 5 nitrogen and oxygen atoms in total. The van der Waals surface area contributed by atoms with Gasteiger partial charge in [0.25, 0.3) is 11.8 Å². The highest BCUT2D eigenvalue weighted by Crippen LogP contribution is 2.20. The van der Waals surface area contributed by atoms with E-state index in [1.165, 1.54) is 6.26 Å². The summed E-state index contributed by atoms with van der Waals surface area (Å²) in [6, 6.07) is 8.91. The molecule has 1 aliphatic carbocycles. The minimum atomic E-state index is -0.322. The third kappa shape index (κ3) is 3.13. The Morgan fingerprint density at radius 1 is 1.19 bits per heavy atom. The van der Waals surface area contributed by atoms with Crippen LogP contribution in [0.1, 0.15) is 39.3 Å². The first-order chi connectivity index (χ1) is 10.1. The molecule has 0 atom stereocenters. The summed E-state index contributed by atoms with van der Waals surface area (Å²) in [6.07, 6.45) is 3.56. The molecule has 2 amide bonds. The molecule has 0 bridgehead atoms. The number of aryl methyl sites for hydroxylation is 1. The zero-order chi connectivity index (χ0) is 14.8. The van der Waals surface area contributed by atoms with Gasteiger partial charge in [-0.15, -0.1) is 0 Å². The Morgan fingerprint density at radius 3 is 2.67 bits per heavy atom. The molecule has 0 aliphatic heterocycles. The van der Waals surface area contributed by atoms with Crippen LogP contribution in [0.25, 0.3) is 0 Å². The molecule has 0 unspecified atom stereocenters. The summed E-state index contributed by atoms with van der Waals surface area (Å²) >= 11 is 0. The molecule has 1 aromatic heterocycles. The summed E-state index contributed by atoms with van der Waals surface area (Å²) in [7, 11) is 0. The minimum Gasteiger partial charge on any atom is -0.459 e. The van der Waals surface area contributed by atoms with Crippen molar-refractivity contribution < 1.29 is 14.0 Å². The zero-order valence-corrected chi connectivity index (χ0v) is 11.7. The van der Waals surface area contributed by atoms with Crippen LogP contribution >= 0.6 is 0 Å². The number of anilines is 1. The highest BCUT2D eigenvalue weighted by atomic mass is 16.3. The fraction of sp³-hybridized carbons (Fsp3) is 0.250. The molecule has 1 fully saturated rings. The van der Waals surface area contributed by atoms with E-state index in [4.69, 9.17) is 4.42 Å². The molecule has 2 aromatic rings. The summed E-state index contributed by atoms with van der Waals surface area (Å²) in [5.74, 6) is -0.150. The summed E-state index contributed by atoms with van der Waals surface area (Å²) in [5, 5.41) is 5.65. The topological polar surface area (TPSA) is 71.3 Å². The van der Waals surface area contributed by atoms with Crippen LogP contribution < -0.4 is 10.6 Å². The van der Waals surface area contributed by atoms with E-state index < -0.39 is 0 Å². The van der Waals surface area contributed by atoms with Crippen molar-refractivity contribution in [3.63, 3.8) is 0 Å². The van der Waals surface area contributed by atoms with E-state index in [1.807, 2.05) is 0 Å². The van der Waals surface area contributed by atoms with Crippen molar-refractivity contribution in [3.8, 4) is 0 Å². The van der Waals surface area contributed by atoms with Gasteiger partial charge in [0, 0.05) is 22.9 Å². The third-order valence-corrected chi connectivity index (χ3v) is 3.36. The number of amides is 2. The maximum absolute atomic E-state index is 12.1. The number of nitrogens with one attached hydrogen (secondary N) is 2. The summed E-state index contributed by atoms with van der Waals surface area (Å²) in [4.78, 5) is 24.0. The number of hydrogen-bond acceptors (Lipinski definition) is 3. The SMILES string of the molecule is Cc1ccoc1C(=O)Nc1cccc(C(=O)NC2CC2)c1. The number of carbonyl (C=O) groups excluding carboxylic acids is 2. The minimum absolute atomic E-state index is 0.109. The quantitative estimate of drug-likeness (QED) is 0.906. The van der Waals surface area contributed by atoms with Crippen LogP contribution in [-0.2, 0) is 0 Å². The summed E-state index contributed by atoms with van der Waals surface area (Å²) in [6.45, 7) is 1.80. The van der Waals surface area contributed by atoms with E-state index in [1.54, 1.807) is 37.3 Å². The molecule has 1 aliphatic rings. The van der Waals surface area contributed by atoms with Gasteiger partial charge in [-0.05, 0) is 44.0 Å². The lowest BCUT2D eigenvalue weighted by molar-refractivity contribution is 0.0949. The van der Waals surface area contributed by atoms with E-state index >= 15 is 0 Å². The van der Waals surface area contributed by atoms with Crippen molar-refractivity contribution in [2.24, 2.45) is 0 Å². The van der Waals surface area contributed by atoms with Gasteiger partial charge in [0.15, 0.2) is 5.76 Å². The summed E-state index contributed by atoms with van der Waals surface area (Å²) in [5.41, 5.74) is 1.88. The van der Waals surface area contributed by atoms with E-state index in [-0.39, 0.29) is 17.6 Å². The number of rotatable bonds is 4. The van der Waals surface area contributed by atoms with Crippen LogP contribution in [-0.4, -0.2) is 17.9 Å². The van der Waals surface area contributed by atoms with Gasteiger partial charge >= 0.3 is 0 Å². The number of furan rings is 1. The van der Waals surface area contributed by atoms with Crippen LogP contribution in [0, 0.1) is 6.92 Å². The first-order valence-corrected chi connectivity index (χ1v) is 6.90. The first kappa shape index (κ1) is 13.4. The maximum Gasteiger partial charge on any atom is 0.291 e. The number of benzene rings is 1. The van der Waals surface area contributed by atoms with Gasteiger partial charge in [-0.3, -0.25) is 9.59 Å². The second kappa shape index (κ2) is 5.44. The van der Waals surface area contributed by atoms with Gasteiger partial charge in [0.1, 0.15) is 0 Å². The van der Waals surface area contributed by atoms with Crippen LogP contribution in [0.2, 0.25) is 0 Å². The summed E-state index contributed by atoms with van der Waals surface area (Å²) < 4.78 is 5.15. The molecule has 108 valence electrons. The predicted octanol–water partition coefficient (Wildman–Crippen LogP) is 2.73. The van der Waals surface area contributed by atoms with Crippen molar-refractivity contribution >= 4 is 17.5 Å². The van der Waals surface area contributed by atoms with Crippen LogP contribution in [0.4, 0.5) is 5.69 Å². The van der Waals surface area contributed by atoms with E-state index in [0.717, 1.165) is 18.4 Å². The molecule has 1 heterocycles. The van der Waals surface area contributed by atoms with Crippen molar-refractivity contribution in [1.82, 2.24) is 5.32 Å². The van der Waals surface area contributed by atoms with Gasteiger partial charge in [0.2, 0.25) is 0 Å². The molecular formula is C16H16N2O3. The molecule has 5 heteroatoms. The molecular weight excluding hydrogens is 268 g/mol. The normalized spacial score (nSPS) is 13.8. The number of carbonyl (C=O) groups is 2. The van der Waals surface area contributed by atoms with Crippen molar-refractivity contribution in [2.45, 2.75) is 25.8 Å². The predicted molar refractivity (Wildman–Crippen MR) is 78.3 cm³/mol. The van der Waals surface area contributed by atoms with Crippen molar-refractivity contribution in [2.75, 3.05) is 5.32 Å². The van der Waals surface area contributed by atoms with E-state index in [2.05, 4.69) is 10.6 Å². The monoisotopic (exact) mass is 284 g/mol. The average molecular weight is 284 g/mol. The lowest BCUT2D eigenvalue weighted by Gasteiger charge is -2.07. The highest BCUT2D eigenvalue weighted by Gasteiger charge is 2.23. The van der Waals surface area contributed by atoms with E-state index in [9.17, 15) is 9.59 Å². The second-order valence-electron chi connectivity index (χ2n) is 5.22.